The fourth-order valence-electron chi connectivity index (χ4n) is 1.72. The number of ether oxygens (including phenoxy) is 1. The SMILES string of the molecule is CC(=O)O[C@H]1CCCC(=O)C1(C)C. The zero-order valence-electron chi connectivity index (χ0n) is 8.42. The maximum Gasteiger partial charge on any atom is 0.302 e. The molecule has 1 rings (SSSR count). The zero-order valence-corrected chi connectivity index (χ0v) is 8.42. The van der Waals surface area contributed by atoms with Crippen LogP contribution in [0.5, 0.6) is 0 Å². The Balaban J connectivity index is 2.72. The van der Waals surface area contributed by atoms with E-state index in [2.05, 4.69) is 0 Å². The molecule has 0 heterocycles. The van der Waals surface area contributed by atoms with E-state index in [1.165, 1.54) is 6.92 Å². The average molecular weight is 184 g/mol. The lowest BCUT2D eigenvalue weighted by Gasteiger charge is -2.35. The summed E-state index contributed by atoms with van der Waals surface area (Å²) in [7, 11) is 0. The molecule has 74 valence electrons. The van der Waals surface area contributed by atoms with Crippen molar-refractivity contribution in [3.63, 3.8) is 0 Å². The Kier molecular flexibility index (Phi) is 2.74. The molecule has 0 radical (unpaired) electrons. The molecule has 0 bridgehead atoms. The van der Waals surface area contributed by atoms with Crippen molar-refractivity contribution in [3.05, 3.63) is 0 Å². The molecule has 0 aromatic rings. The first-order chi connectivity index (χ1) is 5.94. The molecule has 0 aromatic carbocycles. The maximum atomic E-state index is 11.5. The minimum Gasteiger partial charge on any atom is -0.462 e. The third-order valence-corrected chi connectivity index (χ3v) is 2.70. The number of Topliss-reactive ketones (excluding diaryl/α,β-unsaturated/α-hetero) is 1. The minimum absolute atomic E-state index is 0.199. The summed E-state index contributed by atoms with van der Waals surface area (Å²) in [6, 6.07) is 0. The van der Waals surface area contributed by atoms with Crippen molar-refractivity contribution in [2.75, 3.05) is 0 Å². The molecule has 1 atom stereocenters. The fraction of sp³-hybridized carbons (Fsp3) is 0.800. The van der Waals surface area contributed by atoms with Crippen molar-refractivity contribution in [1.29, 1.82) is 0 Å². The molecule has 3 nitrogen and oxygen atoms in total. The highest BCUT2D eigenvalue weighted by Gasteiger charge is 2.41. The van der Waals surface area contributed by atoms with Crippen LogP contribution in [0.3, 0.4) is 0 Å². The van der Waals surface area contributed by atoms with Gasteiger partial charge in [-0.1, -0.05) is 0 Å². The van der Waals surface area contributed by atoms with Gasteiger partial charge in [0.1, 0.15) is 11.9 Å². The van der Waals surface area contributed by atoms with Crippen LogP contribution >= 0.6 is 0 Å². The second-order valence-electron chi connectivity index (χ2n) is 4.14. The third-order valence-electron chi connectivity index (χ3n) is 2.70. The Bertz CT molecular complexity index is 230. The second-order valence-corrected chi connectivity index (χ2v) is 4.14. The molecule has 1 aliphatic rings. The van der Waals surface area contributed by atoms with Gasteiger partial charge in [-0.05, 0) is 26.7 Å². The van der Waals surface area contributed by atoms with E-state index in [0.717, 1.165) is 12.8 Å². The minimum atomic E-state index is -0.496. The second kappa shape index (κ2) is 3.48. The average Bonchev–Trinajstić information content (AvgIpc) is 1.99. The van der Waals surface area contributed by atoms with Crippen LogP contribution in [0.1, 0.15) is 40.0 Å². The number of esters is 1. The van der Waals surface area contributed by atoms with Crippen molar-refractivity contribution in [1.82, 2.24) is 0 Å². The van der Waals surface area contributed by atoms with Crippen molar-refractivity contribution in [2.45, 2.75) is 46.1 Å². The lowest BCUT2D eigenvalue weighted by atomic mass is 9.74. The molecule has 0 aromatic heterocycles. The third kappa shape index (κ3) is 2.08. The molecular weight excluding hydrogens is 168 g/mol. The van der Waals surface area contributed by atoms with E-state index in [1.807, 2.05) is 13.8 Å². The van der Waals surface area contributed by atoms with Gasteiger partial charge in [0, 0.05) is 13.3 Å². The van der Waals surface area contributed by atoms with Crippen molar-refractivity contribution in [3.8, 4) is 0 Å². The van der Waals surface area contributed by atoms with E-state index < -0.39 is 5.41 Å². The molecule has 0 unspecified atom stereocenters. The standard InChI is InChI=1S/C10H16O3/c1-7(11)13-9-6-4-5-8(12)10(9,2)3/h9H,4-6H2,1-3H3/t9-/m0/s1. The quantitative estimate of drug-likeness (QED) is 0.582. The largest absolute Gasteiger partial charge is 0.462 e. The summed E-state index contributed by atoms with van der Waals surface area (Å²) in [6.45, 7) is 5.08. The number of hydrogen-bond donors (Lipinski definition) is 0. The number of carbonyl (C=O) groups excluding carboxylic acids is 2. The molecule has 0 saturated heterocycles. The number of ketones is 1. The van der Waals surface area contributed by atoms with Crippen molar-refractivity contribution >= 4 is 11.8 Å². The highest BCUT2D eigenvalue weighted by atomic mass is 16.5. The van der Waals surface area contributed by atoms with Gasteiger partial charge in [0.15, 0.2) is 0 Å². The van der Waals surface area contributed by atoms with Crippen LogP contribution < -0.4 is 0 Å². The van der Waals surface area contributed by atoms with Gasteiger partial charge in [-0.15, -0.1) is 0 Å². The first kappa shape index (κ1) is 10.2. The number of rotatable bonds is 1. The van der Waals surface area contributed by atoms with Gasteiger partial charge >= 0.3 is 5.97 Å². The van der Waals surface area contributed by atoms with Crippen molar-refractivity contribution < 1.29 is 14.3 Å². The predicted molar refractivity (Wildman–Crippen MR) is 48.2 cm³/mol. The van der Waals surface area contributed by atoms with Gasteiger partial charge in [0.25, 0.3) is 0 Å². The fourth-order valence-corrected chi connectivity index (χ4v) is 1.72. The predicted octanol–water partition coefficient (Wildman–Crippen LogP) is 1.70. The normalized spacial score (nSPS) is 27.0. The highest BCUT2D eigenvalue weighted by Crippen LogP contribution is 2.34. The van der Waals surface area contributed by atoms with E-state index in [4.69, 9.17) is 4.74 Å². The Hall–Kier alpha value is -0.860. The molecule has 0 aliphatic heterocycles. The van der Waals surface area contributed by atoms with Gasteiger partial charge in [-0.25, -0.2) is 0 Å². The van der Waals surface area contributed by atoms with Crippen LogP contribution in [0.25, 0.3) is 0 Å². The Labute approximate surface area is 78.5 Å². The van der Waals surface area contributed by atoms with Gasteiger partial charge in [0.05, 0.1) is 5.41 Å². The molecule has 0 amide bonds. The van der Waals surface area contributed by atoms with Gasteiger partial charge in [-0.3, -0.25) is 9.59 Å². The van der Waals surface area contributed by atoms with Crippen LogP contribution in [-0.2, 0) is 14.3 Å². The lowest BCUT2D eigenvalue weighted by molar-refractivity contribution is -0.159. The smallest absolute Gasteiger partial charge is 0.302 e. The van der Waals surface area contributed by atoms with Crippen LogP contribution in [0.4, 0.5) is 0 Å². The molecular formula is C10H16O3. The van der Waals surface area contributed by atoms with E-state index in [0.29, 0.717) is 6.42 Å². The summed E-state index contributed by atoms with van der Waals surface area (Å²) in [5, 5.41) is 0. The summed E-state index contributed by atoms with van der Waals surface area (Å²) in [5.41, 5.74) is -0.496. The molecule has 1 saturated carbocycles. The maximum absolute atomic E-state index is 11.5. The Morgan fingerprint density at radius 3 is 2.69 bits per heavy atom. The summed E-state index contributed by atoms with van der Waals surface area (Å²) >= 11 is 0. The number of hydrogen-bond acceptors (Lipinski definition) is 3. The molecule has 3 heteroatoms. The van der Waals surface area contributed by atoms with Gasteiger partial charge in [-0.2, -0.15) is 0 Å². The Morgan fingerprint density at radius 1 is 1.54 bits per heavy atom. The van der Waals surface area contributed by atoms with Crippen LogP contribution in [0.2, 0.25) is 0 Å². The van der Waals surface area contributed by atoms with Gasteiger partial charge in [0.2, 0.25) is 0 Å². The van der Waals surface area contributed by atoms with Gasteiger partial charge < -0.3 is 4.74 Å². The van der Waals surface area contributed by atoms with E-state index >= 15 is 0 Å². The summed E-state index contributed by atoms with van der Waals surface area (Å²) in [6.07, 6.45) is 2.02. The van der Waals surface area contributed by atoms with Crippen LogP contribution in [-0.4, -0.2) is 17.9 Å². The topological polar surface area (TPSA) is 43.4 Å². The first-order valence-electron chi connectivity index (χ1n) is 4.65. The molecule has 0 N–H and O–H groups in total. The lowest BCUT2D eigenvalue weighted by Crippen LogP contribution is -2.43. The van der Waals surface area contributed by atoms with E-state index in [1.54, 1.807) is 0 Å². The summed E-state index contributed by atoms with van der Waals surface area (Å²) in [5.74, 6) is -0.0993. The van der Waals surface area contributed by atoms with Crippen LogP contribution in [0.15, 0.2) is 0 Å². The summed E-state index contributed by atoms with van der Waals surface area (Å²) < 4.78 is 5.12. The molecule has 1 fully saturated rings. The van der Waals surface area contributed by atoms with Crippen LogP contribution in [0, 0.1) is 5.41 Å². The first-order valence-corrected chi connectivity index (χ1v) is 4.65. The Morgan fingerprint density at radius 2 is 2.15 bits per heavy atom. The summed E-state index contributed by atoms with van der Waals surface area (Å²) in [4.78, 5) is 22.3. The zero-order chi connectivity index (χ0) is 10.1. The monoisotopic (exact) mass is 184 g/mol. The van der Waals surface area contributed by atoms with Crippen molar-refractivity contribution in [2.24, 2.45) is 5.41 Å². The highest BCUT2D eigenvalue weighted by molar-refractivity contribution is 5.85. The molecule has 1 aliphatic carbocycles. The number of carbonyl (C=O) groups is 2. The van der Waals surface area contributed by atoms with E-state index in [9.17, 15) is 9.59 Å². The molecule has 13 heavy (non-hydrogen) atoms. The molecule has 0 spiro atoms. The van der Waals surface area contributed by atoms with E-state index in [-0.39, 0.29) is 17.9 Å².